The van der Waals surface area contributed by atoms with E-state index in [4.69, 9.17) is 9.47 Å². The molecule has 0 aliphatic rings. The predicted octanol–water partition coefficient (Wildman–Crippen LogP) is 4.95. The standard InChI is InChI=1S/C26H29NO5S/c1-19-7-9-20(10-8-19)5-4-6-26(28)27-22-11-14-24(15-12-22)33(29,30)18-21-17-23(31-2)13-16-25(21)32-3/h7-17H,4-6,18H2,1-3H3,(H,27,28). The van der Waals surface area contributed by atoms with Crippen molar-refractivity contribution in [1.82, 2.24) is 0 Å². The average molecular weight is 468 g/mol. The van der Waals surface area contributed by atoms with Crippen molar-refractivity contribution in [2.45, 2.75) is 36.8 Å². The Bertz CT molecular complexity index is 1190. The van der Waals surface area contributed by atoms with Crippen LogP contribution in [0.1, 0.15) is 29.5 Å². The van der Waals surface area contributed by atoms with Gasteiger partial charge >= 0.3 is 0 Å². The Hall–Kier alpha value is -3.32. The molecule has 7 heteroatoms. The van der Waals surface area contributed by atoms with E-state index in [-0.39, 0.29) is 16.6 Å². The Morgan fingerprint density at radius 3 is 2.24 bits per heavy atom. The molecular weight excluding hydrogens is 438 g/mol. The van der Waals surface area contributed by atoms with Crippen molar-refractivity contribution < 1.29 is 22.7 Å². The molecule has 1 amide bonds. The van der Waals surface area contributed by atoms with Gasteiger partial charge in [-0.2, -0.15) is 0 Å². The van der Waals surface area contributed by atoms with Crippen molar-refractivity contribution in [1.29, 1.82) is 0 Å². The number of aryl methyl sites for hydroxylation is 2. The maximum atomic E-state index is 12.9. The van der Waals surface area contributed by atoms with Crippen LogP contribution in [0.15, 0.2) is 71.6 Å². The summed E-state index contributed by atoms with van der Waals surface area (Å²) in [5.41, 5.74) is 3.50. The lowest BCUT2D eigenvalue weighted by atomic mass is 10.1. The molecule has 0 spiro atoms. The molecule has 0 atom stereocenters. The van der Waals surface area contributed by atoms with Crippen molar-refractivity contribution in [3.05, 3.63) is 83.4 Å². The quantitative estimate of drug-likeness (QED) is 0.456. The van der Waals surface area contributed by atoms with E-state index >= 15 is 0 Å². The third-order valence-corrected chi connectivity index (χ3v) is 7.00. The van der Waals surface area contributed by atoms with Gasteiger partial charge in [0.15, 0.2) is 9.84 Å². The van der Waals surface area contributed by atoms with Gasteiger partial charge in [-0.05, 0) is 67.8 Å². The first kappa shape index (κ1) is 24.3. The first-order valence-corrected chi connectivity index (χ1v) is 12.3. The second-order valence-electron chi connectivity index (χ2n) is 7.85. The molecule has 6 nitrogen and oxygen atoms in total. The molecule has 0 saturated heterocycles. The summed E-state index contributed by atoms with van der Waals surface area (Å²) in [5.74, 6) is 0.715. The summed E-state index contributed by atoms with van der Waals surface area (Å²) < 4.78 is 36.3. The summed E-state index contributed by atoms with van der Waals surface area (Å²) in [6.45, 7) is 2.05. The van der Waals surface area contributed by atoms with Crippen LogP contribution in [0.25, 0.3) is 0 Å². The lowest BCUT2D eigenvalue weighted by Crippen LogP contribution is -2.12. The molecule has 3 aromatic rings. The molecule has 1 N–H and O–H groups in total. The monoisotopic (exact) mass is 467 g/mol. The van der Waals surface area contributed by atoms with E-state index in [0.29, 0.717) is 29.2 Å². The van der Waals surface area contributed by atoms with Crippen molar-refractivity contribution in [2.24, 2.45) is 0 Å². The molecule has 0 bridgehead atoms. The fraction of sp³-hybridized carbons (Fsp3) is 0.269. The number of carbonyl (C=O) groups is 1. The first-order valence-electron chi connectivity index (χ1n) is 10.7. The smallest absolute Gasteiger partial charge is 0.224 e. The Morgan fingerprint density at radius 2 is 1.61 bits per heavy atom. The number of amides is 1. The number of sulfone groups is 1. The third-order valence-electron chi connectivity index (χ3n) is 5.32. The first-order chi connectivity index (χ1) is 15.8. The Labute approximate surface area is 195 Å². The SMILES string of the molecule is COc1ccc(OC)c(CS(=O)(=O)c2ccc(NC(=O)CCCc3ccc(C)cc3)cc2)c1. The molecule has 0 aromatic heterocycles. The Kier molecular flexibility index (Phi) is 8.11. The Morgan fingerprint density at radius 1 is 0.909 bits per heavy atom. The fourth-order valence-electron chi connectivity index (χ4n) is 3.46. The summed E-state index contributed by atoms with van der Waals surface area (Å²) in [4.78, 5) is 12.4. The molecule has 0 heterocycles. The lowest BCUT2D eigenvalue weighted by Gasteiger charge is -2.12. The molecule has 0 aliphatic carbocycles. The molecular formula is C26H29NO5S. The third kappa shape index (κ3) is 6.83. The van der Waals surface area contributed by atoms with Gasteiger partial charge in [-0.3, -0.25) is 4.79 Å². The zero-order valence-electron chi connectivity index (χ0n) is 19.1. The molecule has 0 aliphatic heterocycles. The van der Waals surface area contributed by atoms with Gasteiger partial charge in [0.2, 0.25) is 5.91 Å². The van der Waals surface area contributed by atoms with Gasteiger partial charge in [-0.15, -0.1) is 0 Å². The van der Waals surface area contributed by atoms with Crippen LogP contribution in [0.5, 0.6) is 11.5 Å². The highest BCUT2D eigenvalue weighted by Crippen LogP contribution is 2.28. The normalized spacial score (nSPS) is 11.1. The van der Waals surface area contributed by atoms with Crippen molar-refractivity contribution >= 4 is 21.4 Å². The van der Waals surface area contributed by atoms with Crippen LogP contribution in [-0.2, 0) is 26.8 Å². The minimum atomic E-state index is -3.61. The van der Waals surface area contributed by atoms with E-state index in [1.54, 1.807) is 30.3 Å². The van der Waals surface area contributed by atoms with Crippen LogP contribution in [0.3, 0.4) is 0 Å². The highest BCUT2D eigenvalue weighted by molar-refractivity contribution is 7.90. The van der Waals surface area contributed by atoms with Crippen LogP contribution < -0.4 is 14.8 Å². The van der Waals surface area contributed by atoms with Crippen molar-refractivity contribution in [3.63, 3.8) is 0 Å². The van der Waals surface area contributed by atoms with Gasteiger partial charge in [0.05, 0.1) is 24.9 Å². The lowest BCUT2D eigenvalue weighted by molar-refractivity contribution is -0.116. The number of hydrogen-bond donors (Lipinski definition) is 1. The van der Waals surface area contributed by atoms with Crippen LogP contribution >= 0.6 is 0 Å². The maximum Gasteiger partial charge on any atom is 0.224 e. The number of carbonyl (C=O) groups excluding carboxylic acids is 1. The molecule has 0 radical (unpaired) electrons. The maximum absolute atomic E-state index is 12.9. The molecule has 3 aromatic carbocycles. The van der Waals surface area contributed by atoms with Gasteiger partial charge in [-0.1, -0.05) is 29.8 Å². The van der Waals surface area contributed by atoms with E-state index < -0.39 is 9.84 Å². The predicted molar refractivity (Wildman–Crippen MR) is 130 cm³/mol. The molecule has 0 saturated carbocycles. The summed E-state index contributed by atoms with van der Waals surface area (Å²) in [5, 5.41) is 2.83. The minimum Gasteiger partial charge on any atom is -0.497 e. The van der Waals surface area contributed by atoms with Gasteiger partial charge in [-0.25, -0.2) is 8.42 Å². The van der Waals surface area contributed by atoms with Crippen LogP contribution in [0.2, 0.25) is 0 Å². The molecule has 33 heavy (non-hydrogen) atoms. The van der Waals surface area contributed by atoms with E-state index in [9.17, 15) is 13.2 Å². The summed E-state index contributed by atoms with van der Waals surface area (Å²) in [6.07, 6.45) is 1.96. The zero-order chi connectivity index (χ0) is 23.8. The highest BCUT2D eigenvalue weighted by atomic mass is 32.2. The molecule has 174 valence electrons. The fourth-order valence-corrected chi connectivity index (χ4v) is 4.81. The number of anilines is 1. The zero-order valence-corrected chi connectivity index (χ0v) is 19.9. The van der Waals surface area contributed by atoms with Crippen molar-refractivity contribution in [3.8, 4) is 11.5 Å². The molecule has 0 unspecified atom stereocenters. The molecule has 0 fully saturated rings. The summed E-state index contributed by atoms with van der Waals surface area (Å²) in [6, 6.07) is 19.6. The van der Waals surface area contributed by atoms with E-state index in [1.807, 2.05) is 6.92 Å². The summed E-state index contributed by atoms with van der Waals surface area (Å²) >= 11 is 0. The van der Waals surface area contributed by atoms with Crippen molar-refractivity contribution in [2.75, 3.05) is 19.5 Å². The number of nitrogens with one attached hydrogen (secondary N) is 1. The van der Waals surface area contributed by atoms with E-state index in [1.165, 1.54) is 37.5 Å². The van der Waals surface area contributed by atoms with Crippen LogP contribution in [0.4, 0.5) is 5.69 Å². The molecule has 3 rings (SSSR count). The van der Waals surface area contributed by atoms with Gasteiger partial charge in [0, 0.05) is 17.7 Å². The number of rotatable bonds is 10. The number of methoxy groups -OCH3 is 2. The summed E-state index contributed by atoms with van der Waals surface area (Å²) in [7, 11) is -0.593. The van der Waals surface area contributed by atoms with Crippen LogP contribution in [-0.4, -0.2) is 28.5 Å². The van der Waals surface area contributed by atoms with E-state index in [2.05, 4.69) is 29.6 Å². The second kappa shape index (κ2) is 11.0. The van der Waals surface area contributed by atoms with E-state index in [0.717, 1.165) is 12.8 Å². The van der Waals surface area contributed by atoms with Gasteiger partial charge in [0.1, 0.15) is 11.5 Å². The topological polar surface area (TPSA) is 81.7 Å². The van der Waals surface area contributed by atoms with Gasteiger partial charge < -0.3 is 14.8 Å². The average Bonchev–Trinajstić information content (AvgIpc) is 2.80. The highest BCUT2D eigenvalue weighted by Gasteiger charge is 2.19. The number of benzene rings is 3. The Balaban J connectivity index is 1.58. The number of hydrogen-bond acceptors (Lipinski definition) is 5. The number of ether oxygens (including phenoxy) is 2. The second-order valence-corrected chi connectivity index (χ2v) is 9.84. The van der Waals surface area contributed by atoms with Gasteiger partial charge in [0.25, 0.3) is 0 Å². The van der Waals surface area contributed by atoms with Crippen LogP contribution in [0, 0.1) is 6.92 Å². The largest absolute Gasteiger partial charge is 0.497 e. The minimum absolute atomic E-state index is 0.0983.